The van der Waals surface area contributed by atoms with E-state index in [0.717, 1.165) is 28.0 Å². The van der Waals surface area contributed by atoms with Crippen LogP contribution in [0.3, 0.4) is 0 Å². The molecule has 1 amide bonds. The number of carbonyl (C=O) groups excluding carboxylic acids is 1. The molecule has 0 atom stereocenters. The standard InChI is InChI=1S/C21H20ClN5O/c1-13-19(22)14(2)27(25-13)12-15-8-10-16(11-9-15)20(28)24-21-23-17-6-4-5-7-18(17)26(21)3/h4-11H,12H2,1-3H3,(H,23,24,28). The Morgan fingerprint density at radius 2 is 1.82 bits per heavy atom. The average Bonchev–Trinajstić information content (AvgIpc) is 3.14. The molecule has 28 heavy (non-hydrogen) atoms. The average molecular weight is 394 g/mol. The fraction of sp³-hybridized carbons (Fsp3) is 0.190. The van der Waals surface area contributed by atoms with E-state index in [-0.39, 0.29) is 5.91 Å². The molecular weight excluding hydrogens is 374 g/mol. The summed E-state index contributed by atoms with van der Waals surface area (Å²) in [7, 11) is 1.88. The number of anilines is 1. The van der Waals surface area contributed by atoms with E-state index in [1.54, 1.807) is 12.1 Å². The largest absolute Gasteiger partial charge is 0.313 e. The Hall–Kier alpha value is -3.12. The third-order valence-electron chi connectivity index (χ3n) is 4.85. The lowest BCUT2D eigenvalue weighted by Crippen LogP contribution is -2.15. The fourth-order valence-corrected chi connectivity index (χ4v) is 3.33. The van der Waals surface area contributed by atoms with Crippen molar-refractivity contribution in [2.24, 2.45) is 7.05 Å². The number of fused-ring (bicyclic) bond motifs is 1. The minimum atomic E-state index is -0.195. The molecule has 4 aromatic rings. The van der Waals surface area contributed by atoms with Crippen molar-refractivity contribution in [3.63, 3.8) is 0 Å². The van der Waals surface area contributed by atoms with Gasteiger partial charge in [-0.15, -0.1) is 0 Å². The second kappa shape index (κ2) is 7.13. The van der Waals surface area contributed by atoms with E-state index in [0.29, 0.717) is 23.1 Å². The topological polar surface area (TPSA) is 64.7 Å². The Bertz CT molecular complexity index is 1170. The molecule has 0 fully saturated rings. The van der Waals surface area contributed by atoms with Crippen molar-refractivity contribution in [2.45, 2.75) is 20.4 Å². The predicted octanol–water partition coefficient (Wildman–Crippen LogP) is 4.34. The van der Waals surface area contributed by atoms with Crippen molar-refractivity contribution in [2.75, 3.05) is 5.32 Å². The van der Waals surface area contributed by atoms with Crippen LogP contribution in [0.5, 0.6) is 0 Å². The van der Waals surface area contributed by atoms with Gasteiger partial charge in [-0.1, -0.05) is 35.9 Å². The lowest BCUT2D eigenvalue weighted by Gasteiger charge is -2.07. The molecule has 0 aliphatic heterocycles. The van der Waals surface area contributed by atoms with Crippen molar-refractivity contribution >= 4 is 34.5 Å². The van der Waals surface area contributed by atoms with Crippen LogP contribution in [0.1, 0.15) is 27.3 Å². The van der Waals surface area contributed by atoms with Gasteiger partial charge in [0.15, 0.2) is 0 Å². The van der Waals surface area contributed by atoms with Crippen LogP contribution in [-0.2, 0) is 13.6 Å². The van der Waals surface area contributed by atoms with Gasteiger partial charge in [0.2, 0.25) is 5.95 Å². The summed E-state index contributed by atoms with van der Waals surface area (Å²) in [6, 6.07) is 15.2. The zero-order valence-electron chi connectivity index (χ0n) is 15.9. The van der Waals surface area contributed by atoms with Crippen molar-refractivity contribution < 1.29 is 4.79 Å². The molecule has 0 aliphatic carbocycles. The van der Waals surface area contributed by atoms with E-state index in [9.17, 15) is 4.79 Å². The molecule has 0 aliphatic rings. The Balaban J connectivity index is 1.50. The van der Waals surface area contributed by atoms with E-state index in [1.165, 1.54) is 0 Å². The number of aryl methyl sites for hydroxylation is 2. The summed E-state index contributed by atoms with van der Waals surface area (Å²) in [6.07, 6.45) is 0. The number of rotatable bonds is 4. The zero-order chi connectivity index (χ0) is 19.8. The van der Waals surface area contributed by atoms with E-state index in [2.05, 4.69) is 15.4 Å². The molecule has 4 rings (SSSR count). The molecule has 2 aromatic carbocycles. The van der Waals surface area contributed by atoms with Gasteiger partial charge in [-0.25, -0.2) is 4.98 Å². The van der Waals surface area contributed by atoms with Crippen molar-refractivity contribution in [1.29, 1.82) is 0 Å². The highest BCUT2D eigenvalue weighted by molar-refractivity contribution is 6.31. The Morgan fingerprint density at radius 1 is 1.11 bits per heavy atom. The number of imidazole rings is 1. The summed E-state index contributed by atoms with van der Waals surface area (Å²) in [4.78, 5) is 17.1. The maximum Gasteiger partial charge on any atom is 0.257 e. The van der Waals surface area contributed by atoms with Crippen LogP contribution >= 0.6 is 11.6 Å². The highest BCUT2D eigenvalue weighted by Crippen LogP contribution is 2.21. The van der Waals surface area contributed by atoms with Gasteiger partial charge >= 0.3 is 0 Å². The van der Waals surface area contributed by atoms with E-state index in [1.807, 2.05) is 66.5 Å². The summed E-state index contributed by atoms with van der Waals surface area (Å²) in [5, 5.41) is 8.02. The van der Waals surface area contributed by atoms with Crippen LogP contribution in [0.25, 0.3) is 11.0 Å². The van der Waals surface area contributed by atoms with Gasteiger partial charge < -0.3 is 4.57 Å². The first kappa shape index (κ1) is 18.3. The van der Waals surface area contributed by atoms with E-state index in [4.69, 9.17) is 11.6 Å². The first-order valence-electron chi connectivity index (χ1n) is 8.95. The number of carbonyl (C=O) groups is 1. The van der Waals surface area contributed by atoms with Crippen molar-refractivity contribution in [1.82, 2.24) is 19.3 Å². The third kappa shape index (κ3) is 3.27. The molecule has 2 heterocycles. The number of hydrogen-bond donors (Lipinski definition) is 1. The summed E-state index contributed by atoms with van der Waals surface area (Å²) in [5.74, 6) is 0.326. The van der Waals surface area contributed by atoms with Crippen LogP contribution in [0.15, 0.2) is 48.5 Å². The Labute approximate surface area is 167 Å². The van der Waals surface area contributed by atoms with Crippen LogP contribution < -0.4 is 5.32 Å². The van der Waals surface area contributed by atoms with Gasteiger partial charge in [0.25, 0.3) is 5.91 Å². The number of amides is 1. The van der Waals surface area contributed by atoms with Crippen molar-refractivity contribution in [3.8, 4) is 0 Å². The molecule has 2 aromatic heterocycles. The molecule has 0 saturated heterocycles. The number of nitrogens with zero attached hydrogens (tertiary/aromatic N) is 4. The first-order valence-corrected chi connectivity index (χ1v) is 9.33. The van der Waals surface area contributed by atoms with Gasteiger partial charge in [-0.2, -0.15) is 5.10 Å². The molecule has 0 radical (unpaired) electrons. The number of halogens is 1. The SMILES string of the molecule is Cc1nn(Cc2ccc(C(=O)Nc3nc4ccccc4n3C)cc2)c(C)c1Cl. The second-order valence-corrected chi connectivity index (χ2v) is 7.15. The zero-order valence-corrected chi connectivity index (χ0v) is 16.7. The van der Waals surface area contributed by atoms with Crippen LogP contribution in [-0.4, -0.2) is 25.2 Å². The molecule has 7 heteroatoms. The second-order valence-electron chi connectivity index (χ2n) is 6.78. The summed E-state index contributed by atoms with van der Waals surface area (Å²) >= 11 is 6.21. The number of nitrogens with one attached hydrogen (secondary N) is 1. The minimum Gasteiger partial charge on any atom is -0.313 e. The van der Waals surface area contributed by atoms with Gasteiger partial charge in [0.05, 0.1) is 34.0 Å². The smallest absolute Gasteiger partial charge is 0.257 e. The number of benzene rings is 2. The normalized spacial score (nSPS) is 11.1. The maximum atomic E-state index is 12.6. The highest BCUT2D eigenvalue weighted by Gasteiger charge is 2.13. The van der Waals surface area contributed by atoms with Crippen LogP contribution in [0.4, 0.5) is 5.95 Å². The number of hydrogen-bond acceptors (Lipinski definition) is 3. The van der Waals surface area contributed by atoms with E-state index >= 15 is 0 Å². The first-order chi connectivity index (χ1) is 13.4. The summed E-state index contributed by atoms with van der Waals surface area (Å²) in [5.41, 5.74) is 5.18. The maximum absolute atomic E-state index is 12.6. The quantitative estimate of drug-likeness (QED) is 0.561. The summed E-state index contributed by atoms with van der Waals surface area (Å²) in [6.45, 7) is 4.44. The molecule has 6 nitrogen and oxygen atoms in total. The predicted molar refractivity (Wildman–Crippen MR) is 111 cm³/mol. The van der Waals surface area contributed by atoms with Crippen LogP contribution in [0, 0.1) is 13.8 Å². The monoisotopic (exact) mass is 393 g/mol. The van der Waals surface area contributed by atoms with Gasteiger partial charge in [-0.05, 0) is 43.7 Å². The molecular formula is C21H20ClN5O. The molecule has 0 saturated carbocycles. The molecule has 0 spiro atoms. The number of aromatic nitrogens is 4. The molecule has 0 unspecified atom stereocenters. The third-order valence-corrected chi connectivity index (χ3v) is 5.40. The summed E-state index contributed by atoms with van der Waals surface area (Å²) < 4.78 is 3.74. The number of para-hydroxylation sites is 2. The molecule has 1 N–H and O–H groups in total. The Morgan fingerprint density at radius 3 is 2.46 bits per heavy atom. The Kier molecular flexibility index (Phi) is 4.65. The lowest BCUT2D eigenvalue weighted by molar-refractivity contribution is 0.102. The van der Waals surface area contributed by atoms with E-state index < -0.39 is 0 Å². The molecule has 0 bridgehead atoms. The highest BCUT2D eigenvalue weighted by atomic mass is 35.5. The van der Waals surface area contributed by atoms with Gasteiger partial charge in [-0.3, -0.25) is 14.8 Å². The lowest BCUT2D eigenvalue weighted by atomic mass is 10.1. The van der Waals surface area contributed by atoms with Crippen LogP contribution in [0.2, 0.25) is 5.02 Å². The fourth-order valence-electron chi connectivity index (χ4n) is 3.19. The van der Waals surface area contributed by atoms with Crippen molar-refractivity contribution in [3.05, 3.63) is 76.1 Å². The molecule has 142 valence electrons. The van der Waals surface area contributed by atoms with Gasteiger partial charge in [0.1, 0.15) is 0 Å². The van der Waals surface area contributed by atoms with Gasteiger partial charge in [0, 0.05) is 12.6 Å². The minimum absolute atomic E-state index is 0.195.